The molecule has 104 valence electrons. The maximum atomic E-state index is 12.4. The first-order valence-corrected chi connectivity index (χ1v) is 5.68. The van der Waals surface area contributed by atoms with Gasteiger partial charge in [0.1, 0.15) is 6.04 Å². The molecule has 1 N–H and O–H groups in total. The molecule has 0 radical (unpaired) electrons. The SMILES string of the molecule is O=C(NC(c1ccccn1)c1ccccn1)C(F)(F)F. The molecule has 0 fully saturated rings. The van der Waals surface area contributed by atoms with E-state index in [9.17, 15) is 18.0 Å². The van der Waals surface area contributed by atoms with Crippen LogP contribution in [0.25, 0.3) is 0 Å². The number of hydrogen-bond donors (Lipinski definition) is 1. The molecule has 2 aromatic heterocycles. The average molecular weight is 281 g/mol. The topological polar surface area (TPSA) is 54.9 Å². The Kier molecular flexibility index (Phi) is 3.97. The summed E-state index contributed by atoms with van der Waals surface area (Å²) in [5.74, 6) is -2.03. The summed E-state index contributed by atoms with van der Waals surface area (Å²) in [5.41, 5.74) is 0.563. The van der Waals surface area contributed by atoms with Crippen molar-refractivity contribution in [2.45, 2.75) is 12.2 Å². The van der Waals surface area contributed by atoms with Gasteiger partial charge in [-0.05, 0) is 24.3 Å². The molecule has 7 heteroatoms. The summed E-state index contributed by atoms with van der Waals surface area (Å²) in [6.07, 6.45) is -2.09. The quantitative estimate of drug-likeness (QED) is 0.938. The Balaban J connectivity index is 2.34. The number of halogens is 3. The van der Waals surface area contributed by atoms with E-state index in [1.165, 1.54) is 24.5 Å². The second-order valence-corrected chi connectivity index (χ2v) is 3.91. The van der Waals surface area contributed by atoms with Crippen LogP contribution in [0.15, 0.2) is 48.8 Å². The van der Waals surface area contributed by atoms with Gasteiger partial charge in [0.25, 0.3) is 0 Å². The predicted molar refractivity (Wildman–Crippen MR) is 64.5 cm³/mol. The Bertz CT molecular complexity index is 533. The molecule has 20 heavy (non-hydrogen) atoms. The lowest BCUT2D eigenvalue weighted by atomic mass is 10.1. The van der Waals surface area contributed by atoms with Gasteiger partial charge >= 0.3 is 12.1 Å². The molecule has 0 aliphatic rings. The Labute approximate surface area is 112 Å². The van der Waals surface area contributed by atoms with E-state index in [-0.39, 0.29) is 11.4 Å². The van der Waals surface area contributed by atoms with Gasteiger partial charge in [-0.15, -0.1) is 0 Å². The number of alkyl halides is 3. The number of aromatic nitrogens is 2. The number of hydrogen-bond acceptors (Lipinski definition) is 3. The van der Waals surface area contributed by atoms with Gasteiger partial charge in [-0.1, -0.05) is 12.1 Å². The van der Waals surface area contributed by atoms with Crippen LogP contribution in [0.2, 0.25) is 0 Å². The lowest BCUT2D eigenvalue weighted by molar-refractivity contribution is -0.174. The Morgan fingerprint density at radius 2 is 1.50 bits per heavy atom. The van der Waals surface area contributed by atoms with Crippen molar-refractivity contribution in [1.29, 1.82) is 0 Å². The zero-order chi connectivity index (χ0) is 14.6. The number of nitrogens with one attached hydrogen (secondary N) is 1. The molecule has 0 aliphatic carbocycles. The third-order valence-corrected chi connectivity index (χ3v) is 2.50. The minimum absolute atomic E-state index is 0.281. The first-order chi connectivity index (χ1) is 9.48. The molecule has 0 bridgehead atoms. The molecule has 1 amide bonds. The Hall–Kier alpha value is -2.44. The monoisotopic (exact) mass is 281 g/mol. The molecular weight excluding hydrogens is 271 g/mol. The molecule has 2 rings (SSSR count). The van der Waals surface area contributed by atoms with Gasteiger partial charge in [-0.2, -0.15) is 13.2 Å². The fourth-order valence-electron chi connectivity index (χ4n) is 1.61. The van der Waals surface area contributed by atoms with Crippen LogP contribution in [0.5, 0.6) is 0 Å². The van der Waals surface area contributed by atoms with Gasteiger partial charge in [-0.3, -0.25) is 14.8 Å². The van der Waals surface area contributed by atoms with Crippen molar-refractivity contribution in [1.82, 2.24) is 15.3 Å². The summed E-state index contributed by atoms with van der Waals surface area (Å²) in [5, 5.41) is 1.90. The summed E-state index contributed by atoms with van der Waals surface area (Å²) in [6.45, 7) is 0. The van der Waals surface area contributed by atoms with Crippen molar-refractivity contribution >= 4 is 5.91 Å². The van der Waals surface area contributed by atoms with Crippen LogP contribution in [0, 0.1) is 0 Å². The third-order valence-electron chi connectivity index (χ3n) is 2.50. The van der Waals surface area contributed by atoms with Crippen LogP contribution in [0.3, 0.4) is 0 Å². The Morgan fingerprint density at radius 3 is 1.85 bits per heavy atom. The molecule has 2 heterocycles. The van der Waals surface area contributed by atoms with Crippen LogP contribution in [0.4, 0.5) is 13.2 Å². The van der Waals surface area contributed by atoms with Gasteiger partial charge in [0.2, 0.25) is 0 Å². The van der Waals surface area contributed by atoms with E-state index in [1.54, 1.807) is 24.3 Å². The molecule has 0 atom stereocenters. The maximum Gasteiger partial charge on any atom is 0.471 e. The van der Waals surface area contributed by atoms with Crippen LogP contribution in [-0.2, 0) is 4.79 Å². The van der Waals surface area contributed by atoms with Crippen LogP contribution in [0.1, 0.15) is 17.4 Å². The number of rotatable bonds is 3. The van der Waals surface area contributed by atoms with Crippen molar-refractivity contribution in [2.24, 2.45) is 0 Å². The van der Waals surface area contributed by atoms with Gasteiger partial charge < -0.3 is 5.32 Å². The molecule has 0 saturated carbocycles. The lowest BCUT2D eigenvalue weighted by Crippen LogP contribution is -2.40. The maximum absolute atomic E-state index is 12.4. The number of amides is 1. The zero-order valence-electron chi connectivity index (χ0n) is 10.1. The van der Waals surface area contributed by atoms with E-state index < -0.39 is 18.1 Å². The third kappa shape index (κ3) is 3.31. The molecule has 4 nitrogen and oxygen atoms in total. The molecule has 0 spiro atoms. The van der Waals surface area contributed by atoms with Crippen LogP contribution >= 0.6 is 0 Å². The minimum atomic E-state index is -4.96. The van der Waals surface area contributed by atoms with Gasteiger partial charge in [0, 0.05) is 12.4 Å². The van der Waals surface area contributed by atoms with Gasteiger partial charge in [0.05, 0.1) is 11.4 Å². The average Bonchev–Trinajstić information content (AvgIpc) is 2.45. The number of carbonyl (C=O) groups is 1. The normalized spacial score (nSPS) is 11.4. The van der Waals surface area contributed by atoms with Crippen molar-refractivity contribution in [3.8, 4) is 0 Å². The molecular formula is C13H10F3N3O. The smallest absolute Gasteiger partial charge is 0.334 e. The van der Waals surface area contributed by atoms with E-state index in [0.717, 1.165) is 0 Å². The second kappa shape index (κ2) is 5.68. The number of nitrogens with zero attached hydrogens (tertiary/aromatic N) is 2. The van der Waals surface area contributed by atoms with Gasteiger partial charge in [-0.25, -0.2) is 0 Å². The molecule has 0 aromatic carbocycles. The van der Waals surface area contributed by atoms with E-state index in [2.05, 4.69) is 9.97 Å². The summed E-state index contributed by atoms with van der Waals surface area (Å²) >= 11 is 0. The number of carbonyl (C=O) groups excluding carboxylic acids is 1. The molecule has 2 aromatic rings. The van der Waals surface area contributed by atoms with Crippen molar-refractivity contribution in [3.05, 3.63) is 60.2 Å². The highest BCUT2D eigenvalue weighted by Crippen LogP contribution is 2.21. The standard InChI is InChI=1S/C13H10F3N3O/c14-13(15,16)12(20)19-11(9-5-1-3-7-17-9)10-6-2-4-8-18-10/h1-8,11H,(H,19,20). The summed E-state index contributed by atoms with van der Waals surface area (Å²) in [4.78, 5) is 19.1. The minimum Gasteiger partial charge on any atom is -0.334 e. The van der Waals surface area contributed by atoms with E-state index in [0.29, 0.717) is 0 Å². The fourth-order valence-corrected chi connectivity index (χ4v) is 1.61. The highest BCUT2D eigenvalue weighted by molar-refractivity contribution is 5.82. The zero-order valence-corrected chi connectivity index (χ0v) is 10.1. The van der Waals surface area contributed by atoms with Crippen LogP contribution < -0.4 is 5.32 Å². The van der Waals surface area contributed by atoms with Gasteiger partial charge in [0.15, 0.2) is 0 Å². The van der Waals surface area contributed by atoms with Crippen molar-refractivity contribution in [3.63, 3.8) is 0 Å². The predicted octanol–water partition coefficient (Wildman–Crippen LogP) is 2.24. The molecule has 0 unspecified atom stereocenters. The molecule has 0 aliphatic heterocycles. The van der Waals surface area contributed by atoms with Crippen molar-refractivity contribution < 1.29 is 18.0 Å². The highest BCUT2D eigenvalue weighted by Gasteiger charge is 2.40. The number of pyridine rings is 2. The Morgan fingerprint density at radius 1 is 1.00 bits per heavy atom. The second-order valence-electron chi connectivity index (χ2n) is 3.91. The van der Waals surface area contributed by atoms with E-state index in [4.69, 9.17) is 0 Å². The summed E-state index contributed by atoms with van der Waals surface area (Å²) < 4.78 is 37.2. The van der Waals surface area contributed by atoms with E-state index >= 15 is 0 Å². The summed E-state index contributed by atoms with van der Waals surface area (Å²) in [6, 6.07) is 8.50. The van der Waals surface area contributed by atoms with E-state index in [1.807, 2.05) is 5.32 Å². The first kappa shape index (κ1) is 14.0. The highest BCUT2D eigenvalue weighted by atomic mass is 19.4. The van der Waals surface area contributed by atoms with Crippen molar-refractivity contribution in [2.75, 3.05) is 0 Å². The van der Waals surface area contributed by atoms with Crippen LogP contribution in [-0.4, -0.2) is 22.1 Å². The summed E-state index contributed by atoms with van der Waals surface area (Å²) in [7, 11) is 0. The largest absolute Gasteiger partial charge is 0.471 e. The first-order valence-electron chi connectivity index (χ1n) is 5.68. The lowest BCUT2D eigenvalue weighted by Gasteiger charge is -2.18. The fraction of sp³-hybridized carbons (Fsp3) is 0.154. The molecule has 0 saturated heterocycles.